The quantitative estimate of drug-likeness (QED) is 0.841. The van der Waals surface area contributed by atoms with Gasteiger partial charge in [-0.25, -0.2) is 0 Å². The maximum atomic E-state index is 12.1. The third kappa shape index (κ3) is 3.84. The van der Waals surface area contributed by atoms with Crippen LogP contribution in [0.15, 0.2) is 18.2 Å². The van der Waals surface area contributed by atoms with E-state index in [0.29, 0.717) is 12.1 Å². The second kappa shape index (κ2) is 6.01. The zero-order valence-corrected chi connectivity index (χ0v) is 11.8. The average molecular weight is 248 g/mol. The molecule has 0 spiro atoms. The zero-order valence-electron chi connectivity index (χ0n) is 11.8. The predicted molar refractivity (Wildman–Crippen MR) is 75.7 cm³/mol. The smallest absolute Gasteiger partial charge is 0.251 e. The molecule has 3 N–H and O–H groups in total. The molecule has 3 heteroatoms. The summed E-state index contributed by atoms with van der Waals surface area (Å²) in [5, 5.41) is 2.93. The average Bonchev–Trinajstić information content (AvgIpc) is 2.34. The van der Waals surface area contributed by atoms with Crippen LogP contribution in [-0.4, -0.2) is 18.0 Å². The van der Waals surface area contributed by atoms with Crippen LogP contribution in [0.1, 0.15) is 48.2 Å². The van der Waals surface area contributed by atoms with E-state index >= 15 is 0 Å². The van der Waals surface area contributed by atoms with Gasteiger partial charge in [0, 0.05) is 17.6 Å². The number of hydrogen-bond acceptors (Lipinski definition) is 2. The van der Waals surface area contributed by atoms with Gasteiger partial charge >= 0.3 is 0 Å². The van der Waals surface area contributed by atoms with Crippen LogP contribution in [0.5, 0.6) is 0 Å². The van der Waals surface area contributed by atoms with E-state index in [1.807, 2.05) is 39.8 Å². The van der Waals surface area contributed by atoms with E-state index in [2.05, 4.69) is 11.4 Å². The van der Waals surface area contributed by atoms with Crippen LogP contribution in [0.2, 0.25) is 0 Å². The van der Waals surface area contributed by atoms with Crippen LogP contribution in [0.25, 0.3) is 0 Å². The molecule has 0 aliphatic heterocycles. The number of hydrogen-bond donors (Lipinski definition) is 2. The summed E-state index contributed by atoms with van der Waals surface area (Å²) >= 11 is 0. The van der Waals surface area contributed by atoms with E-state index in [1.165, 1.54) is 0 Å². The molecule has 100 valence electrons. The summed E-state index contributed by atoms with van der Waals surface area (Å²) < 4.78 is 0. The fourth-order valence-electron chi connectivity index (χ4n) is 1.96. The number of amides is 1. The van der Waals surface area contributed by atoms with Gasteiger partial charge in [0.05, 0.1) is 0 Å². The van der Waals surface area contributed by atoms with Gasteiger partial charge in [-0.05, 0) is 38.8 Å². The minimum atomic E-state index is -0.297. The number of carbonyl (C=O) groups is 1. The van der Waals surface area contributed by atoms with E-state index in [-0.39, 0.29) is 11.4 Å². The van der Waals surface area contributed by atoms with E-state index < -0.39 is 0 Å². The van der Waals surface area contributed by atoms with Crippen molar-refractivity contribution in [1.29, 1.82) is 0 Å². The Labute approximate surface area is 110 Å². The Kier molecular flexibility index (Phi) is 4.91. The molecule has 0 aliphatic rings. The number of rotatable bonds is 5. The van der Waals surface area contributed by atoms with Gasteiger partial charge in [-0.2, -0.15) is 0 Å². The Hall–Kier alpha value is -1.35. The minimum absolute atomic E-state index is 0.0430. The Morgan fingerprint density at radius 1 is 1.17 bits per heavy atom. The monoisotopic (exact) mass is 248 g/mol. The van der Waals surface area contributed by atoms with Gasteiger partial charge in [-0.3, -0.25) is 4.79 Å². The number of carbonyl (C=O) groups excluding carboxylic acids is 1. The summed E-state index contributed by atoms with van der Waals surface area (Å²) in [6, 6.07) is 5.86. The minimum Gasteiger partial charge on any atom is -0.350 e. The van der Waals surface area contributed by atoms with E-state index in [9.17, 15) is 4.79 Å². The van der Waals surface area contributed by atoms with Gasteiger partial charge in [0.1, 0.15) is 0 Å². The summed E-state index contributed by atoms with van der Waals surface area (Å²) in [5.74, 6) is -0.0430. The SMILES string of the molecule is CCC(N)(CC)CNC(=O)c1cc(C)cc(C)c1. The lowest BCUT2D eigenvalue weighted by Gasteiger charge is -2.26. The number of nitrogens with one attached hydrogen (secondary N) is 1. The fourth-order valence-corrected chi connectivity index (χ4v) is 1.96. The van der Waals surface area contributed by atoms with Crippen molar-refractivity contribution in [2.75, 3.05) is 6.54 Å². The zero-order chi connectivity index (χ0) is 13.8. The molecule has 0 fully saturated rings. The number of aryl methyl sites for hydroxylation is 2. The maximum Gasteiger partial charge on any atom is 0.251 e. The standard InChI is InChI=1S/C15H24N2O/c1-5-15(16,6-2)10-17-14(18)13-8-11(3)7-12(4)9-13/h7-9H,5-6,10,16H2,1-4H3,(H,17,18). The first-order valence-electron chi connectivity index (χ1n) is 6.55. The summed E-state index contributed by atoms with van der Waals surface area (Å²) in [4.78, 5) is 12.1. The summed E-state index contributed by atoms with van der Waals surface area (Å²) in [7, 11) is 0. The van der Waals surface area contributed by atoms with Crippen molar-refractivity contribution < 1.29 is 4.79 Å². The molecule has 1 aromatic carbocycles. The third-order valence-corrected chi connectivity index (χ3v) is 3.49. The molecule has 0 unspecified atom stereocenters. The Morgan fingerprint density at radius 2 is 1.67 bits per heavy atom. The van der Waals surface area contributed by atoms with Crippen LogP contribution in [0.3, 0.4) is 0 Å². The van der Waals surface area contributed by atoms with Crippen molar-refractivity contribution >= 4 is 5.91 Å². The van der Waals surface area contributed by atoms with E-state index in [0.717, 1.165) is 24.0 Å². The molecule has 0 bridgehead atoms. The van der Waals surface area contributed by atoms with E-state index in [4.69, 9.17) is 5.73 Å². The Bertz CT molecular complexity index is 402. The van der Waals surface area contributed by atoms with Crippen LogP contribution in [-0.2, 0) is 0 Å². The molecule has 1 aromatic rings. The van der Waals surface area contributed by atoms with E-state index in [1.54, 1.807) is 0 Å². The molecule has 0 atom stereocenters. The molecule has 0 saturated carbocycles. The van der Waals surface area contributed by atoms with Gasteiger partial charge in [0.2, 0.25) is 0 Å². The molecule has 3 nitrogen and oxygen atoms in total. The highest BCUT2D eigenvalue weighted by atomic mass is 16.1. The molecular formula is C15H24N2O. The fraction of sp³-hybridized carbons (Fsp3) is 0.533. The highest BCUT2D eigenvalue weighted by Gasteiger charge is 2.21. The largest absolute Gasteiger partial charge is 0.350 e. The lowest BCUT2D eigenvalue weighted by atomic mass is 9.94. The van der Waals surface area contributed by atoms with Gasteiger partial charge in [-0.15, -0.1) is 0 Å². The molecule has 0 aliphatic carbocycles. The molecule has 18 heavy (non-hydrogen) atoms. The van der Waals surface area contributed by atoms with Crippen molar-refractivity contribution in [2.24, 2.45) is 5.73 Å². The lowest BCUT2D eigenvalue weighted by Crippen LogP contribution is -2.49. The van der Waals surface area contributed by atoms with Crippen molar-refractivity contribution in [3.63, 3.8) is 0 Å². The first-order chi connectivity index (χ1) is 8.40. The van der Waals surface area contributed by atoms with Gasteiger partial charge in [0.25, 0.3) is 5.91 Å². The number of nitrogens with two attached hydrogens (primary N) is 1. The third-order valence-electron chi connectivity index (χ3n) is 3.49. The topological polar surface area (TPSA) is 55.1 Å². The molecule has 0 aromatic heterocycles. The molecular weight excluding hydrogens is 224 g/mol. The maximum absolute atomic E-state index is 12.1. The van der Waals surface area contributed by atoms with Crippen molar-refractivity contribution in [2.45, 2.75) is 46.1 Å². The normalized spacial score (nSPS) is 11.4. The molecule has 0 saturated heterocycles. The first kappa shape index (κ1) is 14.7. The molecule has 0 heterocycles. The van der Waals surface area contributed by atoms with Gasteiger partial charge in [0.15, 0.2) is 0 Å². The van der Waals surface area contributed by atoms with Crippen LogP contribution < -0.4 is 11.1 Å². The summed E-state index contributed by atoms with van der Waals surface area (Å²) in [6.45, 7) is 8.61. The van der Waals surface area contributed by atoms with Crippen LogP contribution in [0, 0.1) is 13.8 Å². The second-order valence-electron chi connectivity index (χ2n) is 5.13. The van der Waals surface area contributed by atoms with Crippen molar-refractivity contribution in [3.8, 4) is 0 Å². The lowest BCUT2D eigenvalue weighted by molar-refractivity contribution is 0.0942. The predicted octanol–water partition coefficient (Wildman–Crippen LogP) is 2.55. The number of benzene rings is 1. The summed E-state index contributed by atoms with van der Waals surface area (Å²) in [6.07, 6.45) is 1.72. The van der Waals surface area contributed by atoms with Gasteiger partial charge in [-0.1, -0.05) is 31.0 Å². The Morgan fingerprint density at radius 3 is 2.11 bits per heavy atom. The first-order valence-corrected chi connectivity index (χ1v) is 6.55. The highest BCUT2D eigenvalue weighted by molar-refractivity contribution is 5.94. The molecule has 0 radical (unpaired) electrons. The van der Waals surface area contributed by atoms with Crippen molar-refractivity contribution in [1.82, 2.24) is 5.32 Å². The van der Waals surface area contributed by atoms with Gasteiger partial charge < -0.3 is 11.1 Å². The van der Waals surface area contributed by atoms with Crippen LogP contribution >= 0.6 is 0 Å². The summed E-state index contributed by atoms with van der Waals surface area (Å²) in [5.41, 5.74) is 8.79. The molecule has 1 rings (SSSR count). The van der Waals surface area contributed by atoms with Crippen molar-refractivity contribution in [3.05, 3.63) is 34.9 Å². The highest BCUT2D eigenvalue weighted by Crippen LogP contribution is 2.11. The Balaban J connectivity index is 2.71. The van der Waals surface area contributed by atoms with Crippen LogP contribution in [0.4, 0.5) is 0 Å². The second-order valence-corrected chi connectivity index (χ2v) is 5.13. The molecule has 1 amide bonds.